The third-order valence-corrected chi connectivity index (χ3v) is 5.09. The van der Waals surface area contributed by atoms with Crippen LogP contribution in [0.1, 0.15) is 96.3 Å². The van der Waals surface area contributed by atoms with Gasteiger partial charge in [0.2, 0.25) is 0 Å². The van der Waals surface area contributed by atoms with Crippen molar-refractivity contribution in [3.05, 3.63) is 0 Å². The minimum absolute atomic E-state index is 0.103. The molecule has 0 rings (SSSR count). The number of rotatable bonds is 18. The van der Waals surface area contributed by atoms with Gasteiger partial charge in [0.05, 0.1) is 33.7 Å². The molecule has 0 aliphatic rings. The maximum absolute atomic E-state index is 11.7. The molecule has 1 unspecified atom stereocenters. The Morgan fingerprint density at radius 2 is 1.00 bits per heavy atom. The molecule has 6 heteroatoms. The predicted octanol–water partition coefficient (Wildman–Crippen LogP) is 4.97. The van der Waals surface area contributed by atoms with Gasteiger partial charge >= 0.3 is 17.9 Å². The van der Waals surface area contributed by atoms with Crippen LogP contribution in [0.4, 0.5) is 0 Å². The summed E-state index contributed by atoms with van der Waals surface area (Å²) >= 11 is 0. The monoisotopic (exact) mass is 400 g/mol. The molecule has 0 spiro atoms. The summed E-state index contributed by atoms with van der Waals surface area (Å²) in [5.74, 6) is -1.18. The number of esters is 3. The van der Waals surface area contributed by atoms with Crippen LogP contribution in [0.5, 0.6) is 0 Å². The van der Waals surface area contributed by atoms with Crippen LogP contribution in [0, 0.1) is 5.92 Å². The van der Waals surface area contributed by atoms with Crippen molar-refractivity contribution in [2.75, 3.05) is 21.3 Å². The van der Waals surface area contributed by atoms with Gasteiger partial charge in [-0.1, -0.05) is 70.6 Å². The SMILES string of the molecule is COC(=O)CCCCCCCCCCCCCCC(CC(=O)OC)C(=O)OC. The highest BCUT2D eigenvalue weighted by atomic mass is 16.5. The van der Waals surface area contributed by atoms with Gasteiger partial charge in [0.1, 0.15) is 0 Å². The smallest absolute Gasteiger partial charge is 0.309 e. The van der Waals surface area contributed by atoms with Crippen molar-refractivity contribution in [3.8, 4) is 0 Å². The van der Waals surface area contributed by atoms with Crippen LogP contribution in [0.15, 0.2) is 0 Å². The van der Waals surface area contributed by atoms with Gasteiger partial charge in [-0.05, 0) is 12.8 Å². The zero-order valence-corrected chi connectivity index (χ0v) is 18.1. The summed E-state index contributed by atoms with van der Waals surface area (Å²) in [7, 11) is 4.13. The molecule has 0 aliphatic heterocycles. The first-order valence-corrected chi connectivity index (χ1v) is 10.8. The number of unbranched alkanes of at least 4 members (excludes halogenated alkanes) is 11. The van der Waals surface area contributed by atoms with Crippen LogP contribution < -0.4 is 0 Å². The lowest BCUT2D eigenvalue weighted by atomic mass is 9.97. The third-order valence-electron chi connectivity index (χ3n) is 5.09. The van der Waals surface area contributed by atoms with Gasteiger partial charge in [-0.2, -0.15) is 0 Å². The fourth-order valence-electron chi connectivity index (χ4n) is 3.28. The van der Waals surface area contributed by atoms with E-state index in [1.54, 1.807) is 0 Å². The molecule has 0 bridgehead atoms. The van der Waals surface area contributed by atoms with E-state index in [2.05, 4.69) is 9.47 Å². The lowest BCUT2D eigenvalue weighted by Gasteiger charge is -2.13. The average Bonchev–Trinajstić information content (AvgIpc) is 2.71. The van der Waals surface area contributed by atoms with E-state index in [9.17, 15) is 14.4 Å². The molecule has 164 valence electrons. The van der Waals surface area contributed by atoms with Gasteiger partial charge in [0.15, 0.2) is 0 Å². The summed E-state index contributed by atoms with van der Waals surface area (Å²) in [6, 6.07) is 0. The maximum atomic E-state index is 11.7. The van der Waals surface area contributed by atoms with Crippen LogP contribution >= 0.6 is 0 Å². The summed E-state index contributed by atoms with van der Waals surface area (Å²) in [6.07, 6.45) is 15.3. The zero-order valence-electron chi connectivity index (χ0n) is 18.1. The Hall–Kier alpha value is -1.59. The highest BCUT2D eigenvalue weighted by Crippen LogP contribution is 2.18. The molecule has 0 radical (unpaired) electrons. The largest absolute Gasteiger partial charge is 0.469 e. The molecule has 0 aromatic rings. The molecule has 0 amide bonds. The van der Waals surface area contributed by atoms with Crippen molar-refractivity contribution in [2.45, 2.75) is 96.3 Å². The van der Waals surface area contributed by atoms with Gasteiger partial charge in [0, 0.05) is 6.42 Å². The minimum atomic E-state index is -0.384. The summed E-state index contributed by atoms with van der Waals surface area (Å²) in [6.45, 7) is 0. The second kappa shape index (κ2) is 18.8. The van der Waals surface area contributed by atoms with Crippen molar-refractivity contribution in [1.29, 1.82) is 0 Å². The molecular formula is C22H40O6. The highest BCUT2D eigenvalue weighted by Gasteiger charge is 2.22. The van der Waals surface area contributed by atoms with Crippen LogP contribution in [0.25, 0.3) is 0 Å². The van der Waals surface area contributed by atoms with Gasteiger partial charge < -0.3 is 14.2 Å². The van der Waals surface area contributed by atoms with Crippen molar-refractivity contribution in [1.82, 2.24) is 0 Å². The molecule has 0 aliphatic carbocycles. The predicted molar refractivity (Wildman–Crippen MR) is 109 cm³/mol. The van der Waals surface area contributed by atoms with Crippen LogP contribution in [0.3, 0.4) is 0 Å². The van der Waals surface area contributed by atoms with Crippen LogP contribution in [0.2, 0.25) is 0 Å². The van der Waals surface area contributed by atoms with Crippen molar-refractivity contribution in [2.24, 2.45) is 5.92 Å². The molecule has 6 nitrogen and oxygen atoms in total. The van der Waals surface area contributed by atoms with Crippen molar-refractivity contribution >= 4 is 17.9 Å². The zero-order chi connectivity index (χ0) is 21.0. The third kappa shape index (κ3) is 15.5. The number of carbonyl (C=O) groups excluding carboxylic acids is 3. The number of hydrogen-bond acceptors (Lipinski definition) is 6. The van der Waals surface area contributed by atoms with E-state index in [1.165, 1.54) is 72.7 Å². The molecule has 0 saturated carbocycles. The Morgan fingerprint density at radius 1 is 0.571 bits per heavy atom. The molecule has 0 aromatic heterocycles. The van der Waals surface area contributed by atoms with Gasteiger partial charge in [-0.15, -0.1) is 0 Å². The summed E-state index contributed by atoms with van der Waals surface area (Å²) < 4.78 is 14.0. The molecule has 0 heterocycles. The quantitative estimate of drug-likeness (QED) is 0.183. The molecule has 0 aromatic carbocycles. The van der Waals surface area contributed by atoms with Gasteiger partial charge in [0.25, 0.3) is 0 Å². The van der Waals surface area contributed by atoms with E-state index < -0.39 is 0 Å². The topological polar surface area (TPSA) is 78.9 Å². The molecule has 0 fully saturated rings. The van der Waals surface area contributed by atoms with E-state index in [0.29, 0.717) is 12.8 Å². The van der Waals surface area contributed by atoms with Gasteiger partial charge in [-0.3, -0.25) is 14.4 Å². The van der Waals surface area contributed by atoms with E-state index in [0.717, 1.165) is 25.7 Å². The summed E-state index contributed by atoms with van der Waals surface area (Å²) in [5, 5.41) is 0. The Labute approximate surface area is 170 Å². The van der Waals surface area contributed by atoms with Crippen LogP contribution in [-0.4, -0.2) is 39.2 Å². The molecule has 0 N–H and O–H groups in total. The Balaban J connectivity index is 3.47. The fourth-order valence-corrected chi connectivity index (χ4v) is 3.28. The van der Waals surface area contributed by atoms with Gasteiger partial charge in [-0.25, -0.2) is 0 Å². The number of carbonyl (C=O) groups is 3. The lowest BCUT2D eigenvalue weighted by molar-refractivity contribution is -0.152. The van der Waals surface area contributed by atoms with Crippen LogP contribution in [-0.2, 0) is 28.6 Å². The molecular weight excluding hydrogens is 360 g/mol. The molecule has 1 atom stereocenters. The highest BCUT2D eigenvalue weighted by molar-refractivity contribution is 5.79. The maximum Gasteiger partial charge on any atom is 0.309 e. The van der Waals surface area contributed by atoms with E-state index in [1.807, 2.05) is 0 Å². The number of hydrogen-bond donors (Lipinski definition) is 0. The van der Waals surface area contributed by atoms with E-state index >= 15 is 0 Å². The lowest BCUT2D eigenvalue weighted by Crippen LogP contribution is -2.20. The first-order valence-electron chi connectivity index (χ1n) is 10.8. The Kier molecular flexibility index (Phi) is 17.7. The fraction of sp³-hybridized carbons (Fsp3) is 0.864. The Morgan fingerprint density at radius 3 is 1.43 bits per heavy atom. The van der Waals surface area contributed by atoms with E-state index in [4.69, 9.17) is 4.74 Å². The normalized spacial score (nSPS) is 11.7. The Bertz CT molecular complexity index is 421. The molecule has 0 saturated heterocycles. The van der Waals surface area contributed by atoms with Crippen molar-refractivity contribution < 1.29 is 28.6 Å². The second-order valence-corrected chi connectivity index (χ2v) is 7.36. The minimum Gasteiger partial charge on any atom is -0.469 e. The number of ether oxygens (including phenoxy) is 3. The molecule has 28 heavy (non-hydrogen) atoms. The standard InChI is InChI=1S/C22H40O6/c1-26-20(23)17-15-13-11-9-7-5-4-6-8-10-12-14-16-19(22(25)28-3)18-21(24)27-2/h19H,4-18H2,1-3H3. The second-order valence-electron chi connectivity index (χ2n) is 7.36. The summed E-state index contributed by atoms with van der Waals surface area (Å²) in [5.41, 5.74) is 0. The average molecular weight is 401 g/mol. The van der Waals surface area contributed by atoms with E-state index in [-0.39, 0.29) is 30.2 Å². The summed E-state index contributed by atoms with van der Waals surface area (Å²) in [4.78, 5) is 34.1. The number of methoxy groups -OCH3 is 3. The van der Waals surface area contributed by atoms with Crippen molar-refractivity contribution in [3.63, 3.8) is 0 Å². The first-order chi connectivity index (χ1) is 13.5. The first kappa shape index (κ1) is 26.4.